The third-order valence-electron chi connectivity index (χ3n) is 3.49. The summed E-state index contributed by atoms with van der Waals surface area (Å²) in [5.74, 6) is 0. The Hall–Kier alpha value is 0.150. The zero-order valence-electron chi connectivity index (χ0n) is 11.5. The highest BCUT2D eigenvalue weighted by atomic mass is 127. The van der Waals surface area contributed by atoms with Gasteiger partial charge in [-0.1, -0.05) is 18.2 Å². The predicted molar refractivity (Wildman–Crippen MR) is 104 cm³/mol. The molecule has 1 saturated heterocycles. The van der Waals surface area contributed by atoms with Crippen molar-refractivity contribution in [1.82, 2.24) is 10.2 Å². The van der Waals surface area contributed by atoms with Crippen molar-refractivity contribution in [3.63, 3.8) is 0 Å². The Bertz CT molecular complexity index is 530. The first-order valence-corrected chi connectivity index (χ1v) is 8.54. The van der Waals surface area contributed by atoms with Crippen LogP contribution in [-0.2, 0) is 0 Å². The fraction of sp³-hybridized carbons (Fsp3) is 0.333. The van der Waals surface area contributed by atoms with Crippen molar-refractivity contribution in [2.24, 2.45) is 0 Å². The molecular weight excluding hydrogens is 438 g/mol. The number of nitrogens with zero attached hydrogens (tertiary/aromatic N) is 1. The van der Waals surface area contributed by atoms with Gasteiger partial charge < -0.3 is 5.32 Å². The molecule has 1 aliphatic rings. The smallest absolute Gasteiger partial charge is 0.0697 e. The van der Waals surface area contributed by atoms with E-state index >= 15 is 0 Å². The van der Waals surface area contributed by atoms with Crippen molar-refractivity contribution >= 4 is 58.7 Å². The Morgan fingerprint density at radius 1 is 1.10 bits per heavy atom. The van der Waals surface area contributed by atoms with Crippen molar-refractivity contribution < 1.29 is 0 Å². The summed E-state index contributed by atoms with van der Waals surface area (Å²) in [5.41, 5.74) is 1.41. The molecule has 21 heavy (non-hydrogen) atoms. The molecular formula is C15H19Cl2IN2S. The Morgan fingerprint density at radius 2 is 1.86 bits per heavy atom. The third kappa shape index (κ3) is 4.81. The van der Waals surface area contributed by atoms with E-state index in [4.69, 9.17) is 0 Å². The van der Waals surface area contributed by atoms with Gasteiger partial charge in [0.2, 0.25) is 0 Å². The van der Waals surface area contributed by atoms with Crippen LogP contribution in [0.4, 0.5) is 0 Å². The molecule has 0 saturated carbocycles. The number of hydrogen-bond donors (Lipinski definition) is 1. The molecule has 1 aliphatic heterocycles. The quantitative estimate of drug-likeness (QED) is 0.696. The molecule has 2 nitrogen and oxygen atoms in total. The average Bonchev–Trinajstić information content (AvgIpc) is 2.94. The van der Waals surface area contributed by atoms with Crippen LogP contribution in [0.25, 0.3) is 0 Å². The second-order valence-electron chi connectivity index (χ2n) is 4.76. The van der Waals surface area contributed by atoms with E-state index in [0.717, 1.165) is 26.2 Å². The molecule has 1 N–H and O–H groups in total. The van der Waals surface area contributed by atoms with E-state index in [1.165, 1.54) is 14.0 Å². The summed E-state index contributed by atoms with van der Waals surface area (Å²) in [6.07, 6.45) is 0. The molecule has 3 rings (SSSR count). The van der Waals surface area contributed by atoms with Gasteiger partial charge in [0.1, 0.15) is 0 Å². The summed E-state index contributed by atoms with van der Waals surface area (Å²) >= 11 is 4.26. The summed E-state index contributed by atoms with van der Waals surface area (Å²) in [5, 5.41) is 5.62. The van der Waals surface area contributed by atoms with Gasteiger partial charge in [-0.05, 0) is 51.7 Å². The number of piperazine rings is 1. The molecule has 116 valence electrons. The predicted octanol–water partition coefficient (Wildman–Crippen LogP) is 4.19. The van der Waals surface area contributed by atoms with Crippen LogP contribution in [-0.4, -0.2) is 31.1 Å². The lowest BCUT2D eigenvalue weighted by atomic mass is 10.0. The zero-order valence-corrected chi connectivity index (χ0v) is 16.1. The van der Waals surface area contributed by atoms with Gasteiger partial charge in [0, 0.05) is 34.6 Å². The topological polar surface area (TPSA) is 15.3 Å². The average molecular weight is 457 g/mol. The van der Waals surface area contributed by atoms with Crippen LogP contribution < -0.4 is 5.32 Å². The van der Waals surface area contributed by atoms with Crippen LogP contribution in [0, 0.1) is 3.57 Å². The molecule has 0 radical (unpaired) electrons. The van der Waals surface area contributed by atoms with Crippen molar-refractivity contribution in [2.75, 3.05) is 26.2 Å². The SMILES string of the molecule is Cl.Cl.Ic1cccc([C@@H](c2cccs2)N2CCNCC2)c1. The lowest BCUT2D eigenvalue weighted by Crippen LogP contribution is -2.45. The summed E-state index contributed by atoms with van der Waals surface area (Å²) in [4.78, 5) is 4.04. The van der Waals surface area contributed by atoms with Gasteiger partial charge in [-0.2, -0.15) is 0 Å². The van der Waals surface area contributed by atoms with Gasteiger partial charge in [0.15, 0.2) is 0 Å². The minimum atomic E-state index is 0. The molecule has 6 heteroatoms. The van der Waals surface area contributed by atoms with E-state index in [1.807, 2.05) is 11.3 Å². The molecule has 2 heterocycles. The molecule has 0 spiro atoms. The van der Waals surface area contributed by atoms with E-state index in [2.05, 4.69) is 74.6 Å². The Labute approximate surface area is 156 Å². The van der Waals surface area contributed by atoms with E-state index in [1.54, 1.807) is 0 Å². The van der Waals surface area contributed by atoms with Gasteiger partial charge in [0.25, 0.3) is 0 Å². The highest BCUT2D eigenvalue weighted by Crippen LogP contribution is 2.32. The summed E-state index contributed by atoms with van der Waals surface area (Å²) < 4.78 is 1.31. The second kappa shape index (κ2) is 9.33. The lowest BCUT2D eigenvalue weighted by Gasteiger charge is -2.34. The number of rotatable bonds is 3. The van der Waals surface area contributed by atoms with Crippen molar-refractivity contribution in [3.8, 4) is 0 Å². The van der Waals surface area contributed by atoms with Crippen LogP contribution in [0.1, 0.15) is 16.5 Å². The molecule has 1 atom stereocenters. The zero-order chi connectivity index (χ0) is 13.1. The van der Waals surface area contributed by atoms with Gasteiger partial charge in [0.05, 0.1) is 6.04 Å². The number of hydrogen-bond acceptors (Lipinski definition) is 3. The van der Waals surface area contributed by atoms with Gasteiger partial charge in [-0.3, -0.25) is 4.90 Å². The fourth-order valence-corrected chi connectivity index (χ4v) is 4.07. The number of benzene rings is 1. The van der Waals surface area contributed by atoms with Crippen molar-refractivity contribution in [1.29, 1.82) is 0 Å². The summed E-state index contributed by atoms with van der Waals surface area (Å²) in [6.45, 7) is 4.42. The first kappa shape index (κ1) is 19.2. The standard InChI is InChI=1S/C15H17IN2S.2ClH/c16-13-4-1-3-12(11-13)15(14-5-2-10-19-14)18-8-6-17-7-9-18;;/h1-5,10-11,15,17H,6-9H2;2*1H/t15-;;/m0../s1. The van der Waals surface area contributed by atoms with E-state index < -0.39 is 0 Å². The molecule has 1 fully saturated rings. The number of halogens is 3. The Morgan fingerprint density at radius 3 is 2.48 bits per heavy atom. The largest absolute Gasteiger partial charge is 0.314 e. The Kier molecular flexibility index (Phi) is 8.52. The van der Waals surface area contributed by atoms with E-state index in [-0.39, 0.29) is 24.8 Å². The van der Waals surface area contributed by atoms with Crippen LogP contribution in [0.2, 0.25) is 0 Å². The molecule has 0 bridgehead atoms. The van der Waals surface area contributed by atoms with Crippen LogP contribution in [0.3, 0.4) is 0 Å². The van der Waals surface area contributed by atoms with Crippen LogP contribution >= 0.6 is 58.7 Å². The minimum Gasteiger partial charge on any atom is -0.314 e. The van der Waals surface area contributed by atoms with E-state index in [9.17, 15) is 0 Å². The van der Waals surface area contributed by atoms with Crippen molar-refractivity contribution in [2.45, 2.75) is 6.04 Å². The number of thiophene rings is 1. The first-order valence-electron chi connectivity index (χ1n) is 6.58. The maximum Gasteiger partial charge on any atom is 0.0697 e. The fourth-order valence-electron chi connectivity index (χ4n) is 2.62. The molecule has 0 aliphatic carbocycles. The minimum absolute atomic E-state index is 0. The molecule has 0 amide bonds. The molecule has 0 unspecified atom stereocenters. The van der Waals surface area contributed by atoms with Crippen molar-refractivity contribution in [3.05, 3.63) is 55.8 Å². The van der Waals surface area contributed by atoms with E-state index in [0.29, 0.717) is 6.04 Å². The normalized spacial score (nSPS) is 16.6. The number of nitrogens with one attached hydrogen (secondary N) is 1. The van der Waals surface area contributed by atoms with Gasteiger partial charge in [-0.25, -0.2) is 0 Å². The maximum atomic E-state index is 3.44. The molecule has 2 aromatic rings. The Balaban J connectivity index is 0.00000110. The monoisotopic (exact) mass is 456 g/mol. The van der Waals surface area contributed by atoms with Crippen LogP contribution in [0.15, 0.2) is 41.8 Å². The third-order valence-corrected chi connectivity index (χ3v) is 5.09. The highest BCUT2D eigenvalue weighted by Gasteiger charge is 2.24. The summed E-state index contributed by atoms with van der Waals surface area (Å²) in [6, 6.07) is 13.7. The van der Waals surface area contributed by atoms with Gasteiger partial charge in [-0.15, -0.1) is 36.2 Å². The van der Waals surface area contributed by atoms with Crippen LogP contribution in [0.5, 0.6) is 0 Å². The highest BCUT2D eigenvalue weighted by molar-refractivity contribution is 14.1. The molecule has 1 aromatic heterocycles. The second-order valence-corrected chi connectivity index (χ2v) is 6.98. The summed E-state index contributed by atoms with van der Waals surface area (Å²) in [7, 11) is 0. The first-order chi connectivity index (χ1) is 9.34. The maximum absolute atomic E-state index is 3.44. The van der Waals surface area contributed by atoms with Gasteiger partial charge >= 0.3 is 0 Å². The molecule has 1 aromatic carbocycles. The lowest BCUT2D eigenvalue weighted by molar-refractivity contribution is 0.200.